The van der Waals surface area contributed by atoms with E-state index in [1.807, 2.05) is 12.1 Å². The highest BCUT2D eigenvalue weighted by Gasteiger charge is 2.12. The minimum atomic E-state index is 0.992. The summed E-state index contributed by atoms with van der Waals surface area (Å²) in [5.74, 6) is 0. The summed E-state index contributed by atoms with van der Waals surface area (Å²) < 4.78 is 0. The highest BCUT2D eigenvalue weighted by Crippen LogP contribution is 2.19. The SMILES string of the molecule is C=C(c1ccc(S)cc1)N1CCNCC1. The van der Waals surface area contributed by atoms with Gasteiger partial charge in [-0.25, -0.2) is 0 Å². The zero-order valence-corrected chi connectivity index (χ0v) is 9.63. The van der Waals surface area contributed by atoms with Gasteiger partial charge in [-0.3, -0.25) is 0 Å². The summed E-state index contributed by atoms with van der Waals surface area (Å²) in [5, 5.41) is 3.34. The van der Waals surface area contributed by atoms with E-state index in [1.54, 1.807) is 0 Å². The second kappa shape index (κ2) is 4.73. The molecule has 1 aromatic carbocycles. The third-order valence-corrected chi connectivity index (χ3v) is 3.00. The zero-order chi connectivity index (χ0) is 10.7. The van der Waals surface area contributed by atoms with Crippen LogP contribution in [0.2, 0.25) is 0 Å². The largest absolute Gasteiger partial charge is 0.369 e. The summed E-state index contributed by atoms with van der Waals surface area (Å²) in [5.41, 5.74) is 2.31. The Morgan fingerprint density at radius 2 is 1.80 bits per heavy atom. The van der Waals surface area contributed by atoms with Gasteiger partial charge in [-0.2, -0.15) is 0 Å². The average Bonchev–Trinajstić information content (AvgIpc) is 2.30. The van der Waals surface area contributed by atoms with Crippen LogP contribution >= 0.6 is 12.6 Å². The Morgan fingerprint density at radius 3 is 2.40 bits per heavy atom. The van der Waals surface area contributed by atoms with Crippen molar-refractivity contribution >= 4 is 18.3 Å². The molecule has 1 aromatic rings. The number of thiol groups is 1. The van der Waals surface area contributed by atoms with Crippen molar-refractivity contribution in [1.82, 2.24) is 10.2 Å². The molecular weight excluding hydrogens is 204 g/mol. The van der Waals surface area contributed by atoms with Crippen LogP contribution in [0.5, 0.6) is 0 Å². The summed E-state index contributed by atoms with van der Waals surface area (Å²) in [4.78, 5) is 3.32. The first-order valence-electron chi connectivity index (χ1n) is 5.21. The lowest BCUT2D eigenvalue weighted by Crippen LogP contribution is -2.42. The topological polar surface area (TPSA) is 15.3 Å². The van der Waals surface area contributed by atoms with E-state index < -0.39 is 0 Å². The molecule has 80 valence electrons. The molecule has 2 nitrogen and oxygen atoms in total. The van der Waals surface area contributed by atoms with E-state index in [9.17, 15) is 0 Å². The fourth-order valence-electron chi connectivity index (χ4n) is 1.77. The summed E-state index contributed by atoms with van der Waals surface area (Å²) in [6.07, 6.45) is 0. The first-order chi connectivity index (χ1) is 7.27. The molecule has 2 rings (SSSR count). The maximum Gasteiger partial charge on any atom is 0.0367 e. The Hall–Kier alpha value is -0.930. The molecule has 1 heterocycles. The summed E-state index contributed by atoms with van der Waals surface area (Å²) in [6.45, 7) is 8.33. The Labute approximate surface area is 96.4 Å². The van der Waals surface area contributed by atoms with Gasteiger partial charge in [0.2, 0.25) is 0 Å². The highest BCUT2D eigenvalue weighted by molar-refractivity contribution is 7.80. The Balaban J connectivity index is 2.09. The molecule has 1 fully saturated rings. The van der Waals surface area contributed by atoms with Crippen LogP contribution in [0.4, 0.5) is 0 Å². The molecule has 1 aliphatic rings. The third kappa shape index (κ3) is 2.55. The normalized spacial score (nSPS) is 16.5. The van der Waals surface area contributed by atoms with Crippen molar-refractivity contribution in [3.05, 3.63) is 36.4 Å². The molecule has 3 heteroatoms. The van der Waals surface area contributed by atoms with Gasteiger partial charge in [-0.05, 0) is 17.7 Å². The van der Waals surface area contributed by atoms with E-state index >= 15 is 0 Å². The minimum Gasteiger partial charge on any atom is -0.369 e. The fraction of sp³-hybridized carbons (Fsp3) is 0.333. The quantitative estimate of drug-likeness (QED) is 0.740. The van der Waals surface area contributed by atoms with E-state index in [0.29, 0.717) is 0 Å². The third-order valence-electron chi connectivity index (χ3n) is 2.70. The standard InChI is InChI=1S/C12H16N2S/c1-10(14-8-6-13-7-9-14)11-2-4-12(15)5-3-11/h2-5,13,15H,1,6-9H2. The number of hydrogen-bond acceptors (Lipinski definition) is 3. The van der Waals surface area contributed by atoms with Crippen molar-refractivity contribution in [1.29, 1.82) is 0 Å². The molecule has 0 saturated carbocycles. The number of rotatable bonds is 2. The van der Waals surface area contributed by atoms with Crippen LogP contribution in [0.15, 0.2) is 35.7 Å². The van der Waals surface area contributed by atoms with Crippen molar-refractivity contribution < 1.29 is 0 Å². The molecule has 1 saturated heterocycles. The molecule has 0 unspecified atom stereocenters. The lowest BCUT2D eigenvalue weighted by Gasteiger charge is -2.31. The summed E-state index contributed by atoms with van der Waals surface area (Å²) >= 11 is 4.27. The van der Waals surface area contributed by atoms with Gasteiger partial charge in [-0.1, -0.05) is 18.7 Å². The second-order valence-corrected chi connectivity index (χ2v) is 4.25. The molecular formula is C12H16N2S. The Bertz CT molecular complexity index is 339. The molecule has 0 atom stereocenters. The van der Waals surface area contributed by atoms with Gasteiger partial charge >= 0.3 is 0 Å². The van der Waals surface area contributed by atoms with E-state index in [1.165, 1.54) is 5.56 Å². The van der Waals surface area contributed by atoms with E-state index in [4.69, 9.17) is 0 Å². The van der Waals surface area contributed by atoms with Crippen molar-refractivity contribution in [3.63, 3.8) is 0 Å². The predicted molar refractivity (Wildman–Crippen MR) is 67.2 cm³/mol. The van der Waals surface area contributed by atoms with Crippen molar-refractivity contribution in [3.8, 4) is 0 Å². The maximum atomic E-state index is 4.27. The second-order valence-electron chi connectivity index (χ2n) is 3.73. The van der Waals surface area contributed by atoms with Crippen molar-refractivity contribution in [2.24, 2.45) is 0 Å². The molecule has 0 spiro atoms. The van der Waals surface area contributed by atoms with Crippen LogP contribution in [0.25, 0.3) is 5.70 Å². The van der Waals surface area contributed by atoms with Crippen LogP contribution in [-0.4, -0.2) is 31.1 Å². The van der Waals surface area contributed by atoms with Crippen molar-refractivity contribution in [2.75, 3.05) is 26.2 Å². The van der Waals surface area contributed by atoms with Gasteiger partial charge in [0.05, 0.1) is 0 Å². The van der Waals surface area contributed by atoms with Gasteiger partial charge in [0, 0.05) is 36.8 Å². The number of nitrogens with zero attached hydrogens (tertiary/aromatic N) is 1. The van der Waals surface area contributed by atoms with Gasteiger partial charge in [0.15, 0.2) is 0 Å². The lowest BCUT2D eigenvalue weighted by atomic mass is 10.1. The first-order valence-corrected chi connectivity index (χ1v) is 5.66. The Morgan fingerprint density at radius 1 is 1.20 bits per heavy atom. The zero-order valence-electron chi connectivity index (χ0n) is 8.74. The van der Waals surface area contributed by atoms with Gasteiger partial charge < -0.3 is 10.2 Å². The molecule has 1 N–H and O–H groups in total. The molecule has 0 aromatic heterocycles. The fourth-order valence-corrected chi connectivity index (χ4v) is 1.92. The predicted octanol–water partition coefficient (Wildman–Crippen LogP) is 1.85. The Kier molecular flexibility index (Phi) is 3.34. The van der Waals surface area contributed by atoms with Crippen LogP contribution in [0, 0.1) is 0 Å². The van der Waals surface area contributed by atoms with Crippen molar-refractivity contribution in [2.45, 2.75) is 4.90 Å². The molecule has 0 aliphatic carbocycles. The van der Waals surface area contributed by atoms with Crippen LogP contribution in [-0.2, 0) is 0 Å². The number of hydrogen-bond donors (Lipinski definition) is 2. The van der Waals surface area contributed by atoms with Gasteiger partial charge in [0.1, 0.15) is 0 Å². The number of nitrogens with one attached hydrogen (secondary N) is 1. The van der Waals surface area contributed by atoms with Gasteiger partial charge in [-0.15, -0.1) is 12.6 Å². The average molecular weight is 220 g/mol. The maximum absolute atomic E-state index is 4.27. The van der Waals surface area contributed by atoms with E-state index in [0.717, 1.165) is 36.8 Å². The lowest BCUT2D eigenvalue weighted by molar-refractivity contribution is 0.341. The number of piperazine rings is 1. The monoisotopic (exact) mass is 220 g/mol. The van der Waals surface area contributed by atoms with Crippen LogP contribution in [0.3, 0.4) is 0 Å². The molecule has 0 amide bonds. The molecule has 0 radical (unpaired) electrons. The molecule has 1 aliphatic heterocycles. The van der Waals surface area contributed by atoms with E-state index in [-0.39, 0.29) is 0 Å². The van der Waals surface area contributed by atoms with Crippen LogP contribution < -0.4 is 5.32 Å². The number of benzene rings is 1. The van der Waals surface area contributed by atoms with E-state index in [2.05, 4.69) is 41.6 Å². The summed E-state index contributed by atoms with van der Waals surface area (Å²) in [6, 6.07) is 8.16. The molecule has 0 bridgehead atoms. The molecule has 15 heavy (non-hydrogen) atoms. The summed E-state index contributed by atoms with van der Waals surface area (Å²) in [7, 11) is 0. The van der Waals surface area contributed by atoms with Crippen LogP contribution in [0.1, 0.15) is 5.56 Å². The van der Waals surface area contributed by atoms with Gasteiger partial charge in [0.25, 0.3) is 0 Å². The minimum absolute atomic E-state index is 0.992. The highest BCUT2D eigenvalue weighted by atomic mass is 32.1. The smallest absolute Gasteiger partial charge is 0.0367 e. The first kappa shape index (κ1) is 10.6.